The van der Waals surface area contributed by atoms with Gasteiger partial charge in [0.25, 0.3) is 0 Å². The summed E-state index contributed by atoms with van der Waals surface area (Å²) in [5, 5.41) is 3.91. The molecule has 1 atom stereocenters. The molecule has 1 amide bonds. The maximum Gasteiger partial charge on any atom is 0.222 e. The number of hydrogen-bond donors (Lipinski definition) is 2. The van der Waals surface area contributed by atoms with Crippen molar-refractivity contribution in [1.82, 2.24) is 5.32 Å². The lowest BCUT2D eigenvalue weighted by Gasteiger charge is -2.28. The van der Waals surface area contributed by atoms with Crippen molar-refractivity contribution in [3.05, 3.63) is 35.9 Å². The first kappa shape index (κ1) is 15.4. The van der Waals surface area contributed by atoms with E-state index in [2.05, 4.69) is 11.6 Å². The predicted octanol–water partition coefficient (Wildman–Crippen LogP) is 2.87. The first-order valence-corrected chi connectivity index (χ1v) is 8.60. The summed E-state index contributed by atoms with van der Waals surface area (Å²) in [5.74, 6) is 0.0777. The summed E-state index contributed by atoms with van der Waals surface area (Å²) in [6.07, 6.45) is 7.14. The van der Waals surface area contributed by atoms with Gasteiger partial charge in [-0.2, -0.15) is 11.8 Å². The molecule has 2 rings (SSSR count). The third-order valence-corrected chi connectivity index (χ3v) is 5.14. The van der Waals surface area contributed by atoms with Gasteiger partial charge < -0.3 is 11.1 Å². The van der Waals surface area contributed by atoms with Gasteiger partial charge >= 0.3 is 0 Å². The molecule has 1 aromatic carbocycles. The molecule has 0 saturated heterocycles. The van der Waals surface area contributed by atoms with Gasteiger partial charge in [-0.15, -0.1) is 0 Å². The van der Waals surface area contributed by atoms with Crippen LogP contribution in [0, 0.1) is 0 Å². The van der Waals surface area contributed by atoms with Gasteiger partial charge in [0.2, 0.25) is 5.91 Å². The zero-order valence-electron chi connectivity index (χ0n) is 12.0. The van der Waals surface area contributed by atoms with Gasteiger partial charge in [0.05, 0.1) is 0 Å². The van der Waals surface area contributed by atoms with Crippen LogP contribution in [0.1, 0.15) is 43.7 Å². The van der Waals surface area contributed by atoms with Gasteiger partial charge in [-0.1, -0.05) is 30.3 Å². The molecule has 3 N–H and O–H groups in total. The minimum atomic E-state index is -0.210. The molecule has 20 heavy (non-hydrogen) atoms. The van der Waals surface area contributed by atoms with Crippen molar-refractivity contribution in [1.29, 1.82) is 0 Å². The number of nitrogens with two attached hydrogens (primary N) is 1. The summed E-state index contributed by atoms with van der Waals surface area (Å²) < 4.78 is 0. The van der Waals surface area contributed by atoms with Crippen LogP contribution < -0.4 is 11.1 Å². The fraction of sp³-hybridized carbons (Fsp3) is 0.562. The van der Waals surface area contributed by atoms with Crippen molar-refractivity contribution >= 4 is 17.7 Å². The van der Waals surface area contributed by atoms with Gasteiger partial charge in [-0.25, -0.2) is 0 Å². The zero-order valence-corrected chi connectivity index (χ0v) is 12.9. The minimum Gasteiger partial charge on any atom is -0.353 e. The van der Waals surface area contributed by atoms with E-state index in [0.717, 1.165) is 23.7 Å². The summed E-state index contributed by atoms with van der Waals surface area (Å²) in [5.41, 5.74) is 7.10. The Hall–Kier alpha value is -1.00. The van der Waals surface area contributed by atoms with Crippen molar-refractivity contribution in [2.24, 2.45) is 5.73 Å². The molecule has 0 heterocycles. The van der Waals surface area contributed by atoms with Crippen molar-refractivity contribution < 1.29 is 4.79 Å². The van der Waals surface area contributed by atoms with Crippen molar-refractivity contribution in [3.8, 4) is 0 Å². The Morgan fingerprint density at radius 3 is 2.55 bits per heavy atom. The van der Waals surface area contributed by atoms with E-state index in [1.165, 1.54) is 12.8 Å². The first-order chi connectivity index (χ1) is 9.69. The number of rotatable bonds is 5. The van der Waals surface area contributed by atoms with Crippen LogP contribution in [0.3, 0.4) is 0 Å². The summed E-state index contributed by atoms with van der Waals surface area (Å²) in [4.78, 5) is 12.0. The number of carbonyl (C=O) groups is 1. The maximum atomic E-state index is 12.0. The summed E-state index contributed by atoms with van der Waals surface area (Å²) in [6.45, 7) is 0. The Morgan fingerprint density at radius 2 is 1.95 bits per heavy atom. The molecular weight excluding hydrogens is 268 g/mol. The van der Waals surface area contributed by atoms with Gasteiger partial charge in [0, 0.05) is 23.8 Å². The molecule has 0 radical (unpaired) electrons. The maximum absolute atomic E-state index is 12.0. The van der Waals surface area contributed by atoms with Crippen LogP contribution in [0.2, 0.25) is 0 Å². The fourth-order valence-electron chi connectivity index (χ4n) is 2.75. The largest absolute Gasteiger partial charge is 0.353 e. The molecule has 0 bridgehead atoms. The Bertz CT molecular complexity index is 416. The molecule has 0 aromatic heterocycles. The lowest BCUT2D eigenvalue weighted by atomic mass is 9.94. The second-order valence-electron chi connectivity index (χ2n) is 5.50. The van der Waals surface area contributed by atoms with E-state index in [1.807, 2.05) is 42.1 Å². The monoisotopic (exact) mass is 292 g/mol. The average Bonchev–Trinajstić information content (AvgIpc) is 2.49. The lowest BCUT2D eigenvalue weighted by Crippen LogP contribution is -2.39. The van der Waals surface area contributed by atoms with E-state index in [0.29, 0.717) is 12.5 Å². The fourth-order valence-corrected chi connectivity index (χ4v) is 3.49. The minimum absolute atomic E-state index is 0.0777. The lowest BCUT2D eigenvalue weighted by molar-refractivity contribution is -0.122. The first-order valence-electron chi connectivity index (χ1n) is 7.31. The van der Waals surface area contributed by atoms with Crippen LogP contribution in [0.15, 0.2) is 30.3 Å². The molecule has 4 heteroatoms. The quantitative estimate of drug-likeness (QED) is 0.877. The van der Waals surface area contributed by atoms with Crippen molar-refractivity contribution in [2.75, 3.05) is 6.26 Å². The highest BCUT2D eigenvalue weighted by Gasteiger charge is 2.22. The summed E-state index contributed by atoms with van der Waals surface area (Å²) in [7, 11) is 0. The van der Waals surface area contributed by atoms with Crippen LogP contribution in [-0.2, 0) is 4.79 Å². The van der Waals surface area contributed by atoms with E-state index in [4.69, 9.17) is 5.73 Å². The van der Waals surface area contributed by atoms with E-state index in [-0.39, 0.29) is 11.9 Å². The molecule has 1 unspecified atom stereocenters. The Morgan fingerprint density at radius 1 is 1.30 bits per heavy atom. The molecule has 1 aromatic rings. The molecule has 1 fully saturated rings. The predicted molar refractivity (Wildman–Crippen MR) is 85.7 cm³/mol. The SMILES string of the molecule is CSC1CCC(NC(=O)CC(N)c2ccccc2)CC1. The molecule has 110 valence electrons. The molecular formula is C16H24N2OS. The van der Waals surface area contributed by atoms with Crippen molar-refractivity contribution in [3.63, 3.8) is 0 Å². The number of thioether (sulfide) groups is 1. The number of nitrogens with one attached hydrogen (secondary N) is 1. The molecule has 1 aliphatic rings. The third kappa shape index (κ3) is 4.53. The molecule has 1 saturated carbocycles. The molecule has 1 aliphatic carbocycles. The number of hydrogen-bond acceptors (Lipinski definition) is 3. The Balaban J connectivity index is 1.76. The van der Waals surface area contributed by atoms with E-state index in [1.54, 1.807) is 0 Å². The van der Waals surface area contributed by atoms with Gasteiger partial charge in [-0.05, 0) is 37.5 Å². The summed E-state index contributed by atoms with van der Waals surface area (Å²) in [6, 6.07) is 9.95. The van der Waals surface area contributed by atoms with Gasteiger partial charge in [-0.3, -0.25) is 4.79 Å². The number of carbonyl (C=O) groups excluding carboxylic acids is 1. The second kappa shape index (κ2) is 7.70. The van der Waals surface area contributed by atoms with E-state index < -0.39 is 0 Å². The Labute approximate surface area is 125 Å². The van der Waals surface area contributed by atoms with Crippen LogP contribution in [-0.4, -0.2) is 23.5 Å². The van der Waals surface area contributed by atoms with Gasteiger partial charge in [0.1, 0.15) is 0 Å². The highest BCUT2D eigenvalue weighted by atomic mass is 32.2. The van der Waals surface area contributed by atoms with Crippen LogP contribution in [0.5, 0.6) is 0 Å². The van der Waals surface area contributed by atoms with Crippen molar-refractivity contribution in [2.45, 2.75) is 49.4 Å². The zero-order chi connectivity index (χ0) is 14.4. The average molecular weight is 292 g/mol. The standard InChI is InChI=1S/C16H24N2OS/c1-20-14-9-7-13(8-10-14)18-16(19)11-15(17)12-5-3-2-4-6-12/h2-6,13-15H,7-11,17H2,1H3,(H,18,19). The number of benzene rings is 1. The third-order valence-electron chi connectivity index (χ3n) is 4.01. The summed E-state index contributed by atoms with van der Waals surface area (Å²) >= 11 is 1.94. The topological polar surface area (TPSA) is 55.1 Å². The molecule has 0 spiro atoms. The normalized spacial score (nSPS) is 24.1. The highest BCUT2D eigenvalue weighted by molar-refractivity contribution is 7.99. The highest BCUT2D eigenvalue weighted by Crippen LogP contribution is 2.27. The van der Waals surface area contributed by atoms with Crippen LogP contribution >= 0.6 is 11.8 Å². The Kier molecular flexibility index (Phi) is 5.92. The van der Waals surface area contributed by atoms with E-state index >= 15 is 0 Å². The smallest absolute Gasteiger partial charge is 0.222 e. The van der Waals surface area contributed by atoms with Gasteiger partial charge in [0.15, 0.2) is 0 Å². The molecule has 0 aliphatic heterocycles. The van der Waals surface area contributed by atoms with Crippen LogP contribution in [0.25, 0.3) is 0 Å². The second-order valence-corrected chi connectivity index (χ2v) is 6.64. The van der Waals surface area contributed by atoms with E-state index in [9.17, 15) is 4.79 Å². The van der Waals surface area contributed by atoms with Crippen LogP contribution in [0.4, 0.5) is 0 Å². The molecule has 3 nitrogen and oxygen atoms in total. The number of amides is 1.